The Labute approximate surface area is 128 Å². The van der Waals surface area contributed by atoms with E-state index in [0.717, 1.165) is 29.7 Å². The fourth-order valence-electron chi connectivity index (χ4n) is 2.74. The molecule has 1 unspecified atom stereocenters. The van der Waals surface area contributed by atoms with Gasteiger partial charge in [0.2, 0.25) is 0 Å². The van der Waals surface area contributed by atoms with E-state index in [1.807, 2.05) is 12.1 Å². The van der Waals surface area contributed by atoms with Crippen LogP contribution < -0.4 is 10.5 Å². The lowest BCUT2D eigenvalue weighted by Gasteiger charge is -2.30. The average Bonchev–Trinajstić information content (AvgIpc) is 2.42. The average molecular weight is 332 g/mol. The van der Waals surface area contributed by atoms with Gasteiger partial charge in [-0.2, -0.15) is 0 Å². The summed E-state index contributed by atoms with van der Waals surface area (Å²) in [6.45, 7) is 1.38. The van der Waals surface area contributed by atoms with Crippen LogP contribution in [0.5, 0.6) is 5.75 Å². The standard InChI is InChI=1S/C17H18BrNO/c18-15-5-6-17(13(10-15)7-8-19)20-11-14-9-12-3-1-2-4-16(12)14/h1-6,10,14H,7-9,11,19H2. The summed E-state index contributed by atoms with van der Waals surface area (Å²) in [5, 5.41) is 0. The van der Waals surface area contributed by atoms with Crippen LogP contribution in [0.1, 0.15) is 22.6 Å². The molecule has 0 heterocycles. The maximum absolute atomic E-state index is 6.03. The second-order valence-corrected chi connectivity index (χ2v) is 6.12. The third-order valence-corrected chi connectivity index (χ3v) is 4.33. The molecule has 0 spiro atoms. The first-order valence-corrected chi connectivity index (χ1v) is 7.76. The van der Waals surface area contributed by atoms with Crippen LogP contribution in [0.15, 0.2) is 46.9 Å². The van der Waals surface area contributed by atoms with E-state index in [0.29, 0.717) is 12.5 Å². The normalized spacial score (nSPS) is 16.4. The molecule has 2 aromatic carbocycles. The Morgan fingerprint density at radius 1 is 1.20 bits per heavy atom. The van der Waals surface area contributed by atoms with Crippen molar-refractivity contribution in [3.8, 4) is 5.75 Å². The van der Waals surface area contributed by atoms with E-state index in [1.54, 1.807) is 0 Å². The van der Waals surface area contributed by atoms with Crippen molar-refractivity contribution in [2.45, 2.75) is 18.8 Å². The molecule has 0 amide bonds. The highest BCUT2D eigenvalue weighted by Crippen LogP contribution is 2.35. The molecule has 0 aliphatic heterocycles. The number of hydrogen-bond donors (Lipinski definition) is 1. The Kier molecular flexibility index (Phi) is 4.08. The minimum Gasteiger partial charge on any atom is -0.493 e. The van der Waals surface area contributed by atoms with Gasteiger partial charge in [-0.3, -0.25) is 0 Å². The molecule has 0 saturated carbocycles. The summed E-state index contributed by atoms with van der Waals surface area (Å²) in [5.74, 6) is 1.49. The first-order chi connectivity index (χ1) is 9.78. The zero-order valence-corrected chi connectivity index (χ0v) is 12.9. The van der Waals surface area contributed by atoms with Crippen molar-refractivity contribution in [3.63, 3.8) is 0 Å². The molecule has 2 nitrogen and oxygen atoms in total. The van der Waals surface area contributed by atoms with Gasteiger partial charge in [-0.25, -0.2) is 0 Å². The van der Waals surface area contributed by atoms with Crippen molar-refractivity contribution in [1.29, 1.82) is 0 Å². The van der Waals surface area contributed by atoms with Crippen LogP contribution in [-0.4, -0.2) is 13.2 Å². The Hall–Kier alpha value is -1.32. The fourth-order valence-corrected chi connectivity index (χ4v) is 3.15. The van der Waals surface area contributed by atoms with Crippen LogP contribution in [0, 0.1) is 0 Å². The molecule has 1 atom stereocenters. The number of rotatable bonds is 5. The van der Waals surface area contributed by atoms with E-state index >= 15 is 0 Å². The maximum atomic E-state index is 6.03. The molecule has 0 fully saturated rings. The smallest absolute Gasteiger partial charge is 0.122 e. The van der Waals surface area contributed by atoms with Crippen LogP contribution in [-0.2, 0) is 12.8 Å². The fraction of sp³-hybridized carbons (Fsp3) is 0.294. The highest BCUT2D eigenvalue weighted by atomic mass is 79.9. The summed E-state index contributed by atoms with van der Waals surface area (Å²) in [6.07, 6.45) is 1.97. The van der Waals surface area contributed by atoms with Crippen LogP contribution in [0.4, 0.5) is 0 Å². The quantitative estimate of drug-likeness (QED) is 0.907. The number of halogens is 1. The summed E-state index contributed by atoms with van der Waals surface area (Å²) in [6, 6.07) is 14.7. The van der Waals surface area contributed by atoms with E-state index in [2.05, 4.69) is 46.3 Å². The Morgan fingerprint density at radius 2 is 2.05 bits per heavy atom. The number of nitrogens with two attached hydrogens (primary N) is 1. The summed E-state index contributed by atoms with van der Waals surface area (Å²) >= 11 is 3.50. The second kappa shape index (κ2) is 5.98. The molecular weight excluding hydrogens is 314 g/mol. The second-order valence-electron chi connectivity index (χ2n) is 5.20. The van der Waals surface area contributed by atoms with Gasteiger partial charge in [0.25, 0.3) is 0 Å². The molecule has 3 heteroatoms. The van der Waals surface area contributed by atoms with E-state index in [-0.39, 0.29) is 0 Å². The van der Waals surface area contributed by atoms with Crippen LogP contribution in [0.25, 0.3) is 0 Å². The van der Waals surface area contributed by atoms with Crippen molar-refractivity contribution >= 4 is 15.9 Å². The molecule has 0 bridgehead atoms. The zero-order chi connectivity index (χ0) is 13.9. The van der Waals surface area contributed by atoms with Gasteiger partial charge >= 0.3 is 0 Å². The molecule has 3 rings (SSSR count). The van der Waals surface area contributed by atoms with Crippen LogP contribution >= 0.6 is 15.9 Å². The van der Waals surface area contributed by atoms with Crippen molar-refractivity contribution in [2.75, 3.05) is 13.2 Å². The Bertz CT molecular complexity index is 612. The lowest BCUT2D eigenvalue weighted by Crippen LogP contribution is -2.23. The highest BCUT2D eigenvalue weighted by Gasteiger charge is 2.26. The summed E-state index contributed by atoms with van der Waals surface area (Å²) in [5.41, 5.74) is 9.73. The minimum absolute atomic E-state index is 0.528. The lowest BCUT2D eigenvalue weighted by atomic mass is 9.78. The van der Waals surface area contributed by atoms with Gasteiger partial charge in [0.05, 0.1) is 6.61 Å². The molecule has 2 N–H and O–H groups in total. The summed E-state index contributed by atoms with van der Waals surface area (Å²) < 4.78 is 7.10. The topological polar surface area (TPSA) is 35.2 Å². The zero-order valence-electron chi connectivity index (χ0n) is 11.3. The third kappa shape index (κ3) is 2.74. The van der Waals surface area contributed by atoms with E-state index in [1.165, 1.54) is 16.7 Å². The molecule has 0 radical (unpaired) electrons. The van der Waals surface area contributed by atoms with E-state index in [9.17, 15) is 0 Å². The van der Waals surface area contributed by atoms with Gasteiger partial charge < -0.3 is 10.5 Å². The van der Waals surface area contributed by atoms with Crippen molar-refractivity contribution in [2.24, 2.45) is 5.73 Å². The first-order valence-electron chi connectivity index (χ1n) is 6.97. The number of hydrogen-bond acceptors (Lipinski definition) is 2. The predicted octanol–water partition coefficient (Wildman–Crippen LogP) is 3.67. The minimum atomic E-state index is 0.528. The predicted molar refractivity (Wildman–Crippen MR) is 85.3 cm³/mol. The van der Waals surface area contributed by atoms with Crippen molar-refractivity contribution in [1.82, 2.24) is 0 Å². The van der Waals surface area contributed by atoms with E-state index in [4.69, 9.17) is 10.5 Å². The molecular formula is C17H18BrNO. The van der Waals surface area contributed by atoms with Gasteiger partial charge in [-0.1, -0.05) is 40.2 Å². The SMILES string of the molecule is NCCc1cc(Br)ccc1OCC1Cc2ccccc21. The number of benzene rings is 2. The number of fused-ring (bicyclic) bond motifs is 1. The molecule has 2 aromatic rings. The van der Waals surface area contributed by atoms with Gasteiger partial charge in [0, 0.05) is 10.4 Å². The number of ether oxygens (including phenoxy) is 1. The Morgan fingerprint density at radius 3 is 2.85 bits per heavy atom. The Balaban J connectivity index is 1.68. The first kappa shape index (κ1) is 13.7. The summed E-state index contributed by atoms with van der Waals surface area (Å²) in [4.78, 5) is 0. The molecule has 1 aliphatic carbocycles. The molecule has 0 aromatic heterocycles. The summed E-state index contributed by atoms with van der Waals surface area (Å²) in [7, 11) is 0. The van der Waals surface area contributed by atoms with Gasteiger partial charge in [-0.15, -0.1) is 0 Å². The largest absolute Gasteiger partial charge is 0.493 e. The lowest BCUT2D eigenvalue weighted by molar-refractivity contribution is 0.273. The van der Waals surface area contributed by atoms with E-state index < -0.39 is 0 Å². The van der Waals surface area contributed by atoms with Crippen LogP contribution in [0.2, 0.25) is 0 Å². The molecule has 104 valence electrons. The molecule has 1 aliphatic rings. The maximum Gasteiger partial charge on any atom is 0.122 e. The van der Waals surface area contributed by atoms with Gasteiger partial charge in [-0.05, 0) is 54.3 Å². The monoisotopic (exact) mass is 331 g/mol. The molecule has 20 heavy (non-hydrogen) atoms. The van der Waals surface area contributed by atoms with Crippen molar-refractivity contribution in [3.05, 3.63) is 63.6 Å². The van der Waals surface area contributed by atoms with Crippen LogP contribution in [0.3, 0.4) is 0 Å². The van der Waals surface area contributed by atoms with Gasteiger partial charge in [0.15, 0.2) is 0 Å². The molecule has 0 saturated heterocycles. The highest BCUT2D eigenvalue weighted by molar-refractivity contribution is 9.10. The van der Waals surface area contributed by atoms with Crippen molar-refractivity contribution < 1.29 is 4.74 Å². The van der Waals surface area contributed by atoms with Gasteiger partial charge in [0.1, 0.15) is 5.75 Å². The third-order valence-electron chi connectivity index (χ3n) is 3.84.